The van der Waals surface area contributed by atoms with E-state index in [9.17, 15) is 9.59 Å². The van der Waals surface area contributed by atoms with Gasteiger partial charge in [0.1, 0.15) is 0 Å². The maximum Gasteiger partial charge on any atom is 0.336 e. The summed E-state index contributed by atoms with van der Waals surface area (Å²) in [5.41, 5.74) is 5.68. The van der Waals surface area contributed by atoms with Crippen LogP contribution in [0.5, 0.6) is 0 Å². The number of aliphatic hydroxyl groups is 1. The summed E-state index contributed by atoms with van der Waals surface area (Å²) in [6.45, 7) is 1.44. The number of nitrogens with two attached hydrogens (primary N) is 1. The molecule has 23 heavy (non-hydrogen) atoms. The molecule has 1 amide bonds. The maximum absolute atomic E-state index is 12.7. The van der Waals surface area contributed by atoms with Gasteiger partial charge in [-0.3, -0.25) is 4.79 Å². The first-order valence-electron chi connectivity index (χ1n) is 7.40. The van der Waals surface area contributed by atoms with Crippen molar-refractivity contribution in [1.82, 2.24) is 4.90 Å². The van der Waals surface area contributed by atoms with Crippen molar-refractivity contribution in [1.29, 1.82) is 0 Å². The summed E-state index contributed by atoms with van der Waals surface area (Å²) in [6.07, 6.45) is 1.17. The van der Waals surface area contributed by atoms with Crippen LogP contribution in [-0.4, -0.2) is 42.2 Å². The van der Waals surface area contributed by atoms with Gasteiger partial charge in [-0.25, -0.2) is 4.79 Å². The molecule has 0 spiro atoms. The molecule has 6 nitrogen and oxygen atoms in total. The van der Waals surface area contributed by atoms with E-state index in [4.69, 9.17) is 26.9 Å². The number of hydrogen-bond acceptors (Lipinski definition) is 5. The summed E-state index contributed by atoms with van der Waals surface area (Å²) >= 11 is 6.13. The summed E-state index contributed by atoms with van der Waals surface area (Å²) in [7, 11) is 0. The molecule has 1 aromatic carbocycles. The van der Waals surface area contributed by atoms with E-state index in [0.29, 0.717) is 43.4 Å². The van der Waals surface area contributed by atoms with E-state index >= 15 is 0 Å². The van der Waals surface area contributed by atoms with E-state index in [0.717, 1.165) is 0 Å². The molecule has 0 saturated heterocycles. The van der Waals surface area contributed by atoms with Crippen LogP contribution in [0, 0.1) is 0 Å². The van der Waals surface area contributed by atoms with E-state index in [-0.39, 0.29) is 23.1 Å². The van der Waals surface area contributed by atoms with E-state index in [1.54, 1.807) is 17.0 Å². The largest absolute Gasteiger partial charge is 0.421 e. The lowest BCUT2D eigenvalue weighted by molar-refractivity contribution is 0.0744. The zero-order chi connectivity index (χ0) is 16.8. The van der Waals surface area contributed by atoms with Gasteiger partial charge in [0.15, 0.2) is 5.58 Å². The number of halogens is 1. The normalized spacial score (nSPS) is 10.9. The molecule has 3 N–H and O–H groups in total. The Hall–Kier alpha value is -1.89. The summed E-state index contributed by atoms with van der Waals surface area (Å²) in [6, 6.07) is 5.98. The lowest BCUT2D eigenvalue weighted by Gasteiger charge is -2.22. The fraction of sp³-hybridized carbons (Fsp3) is 0.375. The molecular formula is C16H19ClN2O4. The van der Waals surface area contributed by atoms with Crippen LogP contribution in [-0.2, 0) is 0 Å². The molecule has 0 saturated carbocycles. The Morgan fingerprint density at radius 2 is 2.00 bits per heavy atom. The monoisotopic (exact) mass is 338 g/mol. The zero-order valence-electron chi connectivity index (χ0n) is 12.6. The van der Waals surface area contributed by atoms with Crippen molar-refractivity contribution in [3.05, 3.63) is 45.3 Å². The van der Waals surface area contributed by atoms with Gasteiger partial charge in [0.2, 0.25) is 0 Å². The number of rotatable bonds is 7. The van der Waals surface area contributed by atoms with Crippen molar-refractivity contribution in [2.45, 2.75) is 12.8 Å². The minimum atomic E-state index is -0.494. The lowest BCUT2D eigenvalue weighted by atomic mass is 10.1. The van der Waals surface area contributed by atoms with E-state index in [2.05, 4.69) is 0 Å². The fourth-order valence-corrected chi connectivity index (χ4v) is 2.57. The van der Waals surface area contributed by atoms with Gasteiger partial charge in [-0.2, -0.15) is 0 Å². The van der Waals surface area contributed by atoms with Gasteiger partial charge in [0.05, 0.1) is 5.02 Å². The van der Waals surface area contributed by atoms with Crippen molar-refractivity contribution in [2.24, 2.45) is 5.73 Å². The maximum atomic E-state index is 12.7. The summed E-state index contributed by atoms with van der Waals surface area (Å²) in [5.74, 6) is -0.193. The van der Waals surface area contributed by atoms with Gasteiger partial charge in [-0.1, -0.05) is 11.6 Å². The third-order valence-electron chi connectivity index (χ3n) is 3.43. The molecule has 2 aromatic rings. The second-order valence-corrected chi connectivity index (χ2v) is 5.55. The minimum Gasteiger partial charge on any atom is -0.421 e. The van der Waals surface area contributed by atoms with Crippen LogP contribution in [0.4, 0.5) is 0 Å². The Morgan fingerprint density at radius 1 is 1.26 bits per heavy atom. The number of benzene rings is 1. The fourth-order valence-electron chi connectivity index (χ4n) is 2.30. The Kier molecular flexibility index (Phi) is 6.15. The first-order valence-corrected chi connectivity index (χ1v) is 7.78. The summed E-state index contributed by atoms with van der Waals surface area (Å²) < 4.78 is 5.06. The van der Waals surface area contributed by atoms with Crippen LogP contribution in [0.1, 0.15) is 23.2 Å². The molecule has 0 aliphatic heterocycles. The Bertz CT molecular complexity index is 736. The SMILES string of the molecule is NCCCN(CCCO)C(=O)c1cc(Cl)c2oc(=O)ccc2c1. The topological polar surface area (TPSA) is 96.8 Å². The molecule has 0 aliphatic rings. The standard InChI is InChI=1S/C16H19ClN2O4/c17-13-10-12(9-11-3-4-14(21)23-15(11)13)16(22)19(6-1-5-18)7-2-8-20/h3-4,9-10,20H,1-2,5-8,18H2. The number of aliphatic hydroxyl groups excluding tert-OH is 1. The predicted molar refractivity (Wildman–Crippen MR) is 88.8 cm³/mol. The number of carbonyl (C=O) groups is 1. The molecule has 2 rings (SSSR count). The van der Waals surface area contributed by atoms with Crippen molar-refractivity contribution >= 4 is 28.5 Å². The number of carbonyl (C=O) groups excluding carboxylic acids is 1. The molecule has 1 aromatic heterocycles. The molecule has 0 radical (unpaired) electrons. The first-order chi connectivity index (χ1) is 11.1. The van der Waals surface area contributed by atoms with Gasteiger partial charge >= 0.3 is 5.63 Å². The molecule has 7 heteroatoms. The highest BCUT2D eigenvalue weighted by atomic mass is 35.5. The average molecular weight is 339 g/mol. The Morgan fingerprint density at radius 3 is 2.70 bits per heavy atom. The van der Waals surface area contributed by atoms with Gasteiger partial charge < -0.3 is 20.2 Å². The predicted octanol–water partition coefficient (Wildman–Crippen LogP) is 1.62. The minimum absolute atomic E-state index is 0.00996. The number of amides is 1. The van der Waals surface area contributed by atoms with E-state index in [1.165, 1.54) is 12.1 Å². The Labute approximate surface area is 138 Å². The van der Waals surface area contributed by atoms with Gasteiger partial charge in [0.25, 0.3) is 5.91 Å². The third-order valence-corrected chi connectivity index (χ3v) is 3.71. The van der Waals surface area contributed by atoms with Crippen molar-refractivity contribution in [3.63, 3.8) is 0 Å². The van der Waals surface area contributed by atoms with Gasteiger partial charge in [-0.05, 0) is 37.6 Å². The van der Waals surface area contributed by atoms with Crippen LogP contribution >= 0.6 is 11.6 Å². The molecule has 0 bridgehead atoms. The number of hydrogen-bond donors (Lipinski definition) is 2. The van der Waals surface area contributed by atoms with Crippen molar-refractivity contribution in [3.8, 4) is 0 Å². The molecule has 0 fully saturated rings. The molecule has 0 atom stereocenters. The van der Waals surface area contributed by atoms with Gasteiger partial charge in [-0.15, -0.1) is 0 Å². The molecule has 124 valence electrons. The van der Waals surface area contributed by atoms with Crippen LogP contribution in [0.3, 0.4) is 0 Å². The highest BCUT2D eigenvalue weighted by Crippen LogP contribution is 2.25. The highest BCUT2D eigenvalue weighted by molar-refractivity contribution is 6.35. The smallest absolute Gasteiger partial charge is 0.336 e. The second-order valence-electron chi connectivity index (χ2n) is 5.14. The number of fused-ring (bicyclic) bond motifs is 1. The second kappa shape index (κ2) is 8.10. The molecule has 0 unspecified atom stereocenters. The lowest BCUT2D eigenvalue weighted by Crippen LogP contribution is -2.34. The molecule has 1 heterocycles. The van der Waals surface area contributed by atoms with Crippen molar-refractivity contribution < 1.29 is 14.3 Å². The van der Waals surface area contributed by atoms with Crippen LogP contribution < -0.4 is 11.4 Å². The molecule has 0 aliphatic carbocycles. The number of nitrogens with zero attached hydrogens (tertiary/aromatic N) is 1. The third kappa shape index (κ3) is 4.31. The quantitative estimate of drug-likeness (QED) is 0.748. The highest BCUT2D eigenvalue weighted by Gasteiger charge is 2.17. The van der Waals surface area contributed by atoms with Crippen LogP contribution in [0.2, 0.25) is 5.02 Å². The zero-order valence-corrected chi connectivity index (χ0v) is 13.4. The first kappa shape index (κ1) is 17.5. The average Bonchev–Trinajstić information content (AvgIpc) is 2.55. The molecular weight excluding hydrogens is 320 g/mol. The summed E-state index contributed by atoms with van der Waals surface area (Å²) in [5, 5.41) is 9.78. The van der Waals surface area contributed by atoms with Crippen LogP contribution in [0.25, 0.3) is 11.0 Å². The summed E-state index contributed by atoms with van der Waals surface area (Å²) in [4.78, 5) is 25.6. The van der Waals surface area contributed by atoms with Crippen molar-refractivity contribution in [2.75, 3.05) is 26.2 Å². The van der Waals surface area contributed by atoms with Gasteiger partial charge in [0, 0.05) is 36.7 Å². The van der Waals surface area contributed by atoms with E-state index < -0.39 is 5.63 Å². The Balaban J connectivity index is 2.34. The van der Waals surface area contributed by atoms with E-state index in [1.807, 2.05) is 0 Å². The van der Waals surface area contributed by atoms with Crippen LogP contribution in [0.15, 0.2) is 33.5 Å².